The van der Waals surface area contributed by atoms with Gasteiger partial charge in [-0.3, -0.25) is 4.79 Å². The van der Waals surface area contributed by atoms with E-state index in [-0.39, 0.29) is 12.6 Å². The molecule has 0 heterocycles. The molecule has 1 atom stereocenters. The van der Waals surface area contributed by atoms with E-state index in [0.717, 1.165) is 4.90 Å². The Morgan fingerprint density at radius 2 is 2.00 bits per heavy atom. The number of hydrogen-bond acceptors (Lipinski definition) is 2. The average molecular weight is 304 g/mol. The fourth-order valence-electron chi connectivity index (χ4n) is 2.00. The fraction of sp³-hybridized carbons (Fsp3) is 0.500. The first-order chi connectivity index (χ1) is 9.63. The highest BCUT2D eigenvalue weighted by Crippen LogP contribution is 2.35. The zero-order chi connectivity index (χ0) is 15.8. The molecule has 116 valence electrons. The summed E-state index contributed by atoms with van der Waals surface area (Å²) in [6.07, 6.45) is -3.57. The number of halogens is 4. The van der Waals surface area contributed by atoms with Crippen LogP contribution in [0.2, 0.25) is 0 Å². The minimum Gasteiger partial charge on any atom is -0.333 e. The third-order valence-corrected chi connectivity index (χ3v) is 3.52. The molecule has 1 aliphatic carbocycles. The van der Waals surface area contributed by atoms with Crippen LogP contribution in [0, 0.1) is 5.82 Å². The number of nitrogens with zero attached hydrogens (tertiary/aromatic N) is 1. The second-order valence-corrected chi connectivity index (χ2v) is 5.49. The first kappa shape index (κ1) is 15.8. The molecule has 0 aliphatic heterocycles. The summed E-state index contributed by atoms with van der Waals surface area (Å²) < 4.78 is 51.8. The van der Waals surface area contributed by atoms with E-state index in [1.165, 1.54) is 18.2 Å². The summed E-state index contributed by atoms with van der Waals surface area (Å²) in [7, 11) is 0. The number of alkyl halides is 3. The third kappa shape index (κ3) is 3.34. The monoisotopic (exact) mass is 304 g/mol. The van der Waals surface area contributed by atoms with Crippen molar-refractivity contribution in [2.24, 2.45) is 5.73 Å². The number of carbonyl (C=O) groups excluding carboxylic acids is 1. The topological polar surface area (TPSA) is 46.3 Å². The molecule has 0 bridgehead atoms. The van der Waals surface area contributed by atoms with Gasteiger partial charge in [-0.1, -0.05) is 12.1 Å². The van der Waals surface area contributed by atoms with Gasteiger partial charge in [0.2, 0.25) is 0 Å². The number of rotatable bonds is 4. The normalized spacial score (nSPS) is 18.2. The number of amides is 1. The summed E-state index contributed by atoms with van der Waals surface area (Å²) in [5.74, 6) is -1.68. The van der Waals surface area contributed by atoms with Crippen molar-refractivity contribution in [2.45, 2.75) is 44.1 Å². The van der Waals surface area contributed by atoms with Gasteiger partial charge in [0, 0.05) is 12.6 Å². The van der Waals surface area contributed by atoms with Gasteiger partial charge in [0.15, 0.2) is 5.54 Å². The zero-order valence-corrected chi connectivity index (χ0v) is 11.5. The lowest BCUT2D eigenvalue weighted by molar-refractivity contribution is -0.194. The molecular weight excluding hydrogens is 288 g/mol. The Labute approximate surface area is 119 Å². The van der Waals surface area contributed by atoms with Gasteiger partial charge in [0.1, 0.15) is 5.82 Å². The van der Waals surface area contributed by atoms with Crippen molar-refractivity contribution in [1.82, 2.24) is 4.90 Å². The SMILES string of the molecule is CC(N)(C(=O)N(Cc1cccc(F)c1)C1CC1)C(F)(F)F. The largest absolute Gasteiger partial charge is 0.415 e. The lowest BCUT2D eigenvalue weighted by Crippen LogP contribution is -2.62. The van der Waals surface area contributed by atoms with E-state index in [2.05, 4.69) is 0 Å². The van der Waals surface area contributed by atoms with Crippen molar-refractivity contribution in [1.29, 1.82) is 0 Å². The van der Waals surface area contributed by atoms with Gasteiger partial charge < -0.3 is 10.6 Å². The standard InChI is InChI=1S/C14H16F4N2O/c1-13(19,14(16,17)18)12(21)20(11-5-6-11)8-9-3-2-4-10(15)7-9/h2-4,7,11H,5-6,8,19H2,1H3. The second kappa shape index (κ2) is 5.29. The van der Waals surface area contributed by atoms with Crippen molar-refractivity contribution < 1.29 is 22.4 Å². The molecule has 1 saturated carbocycles. The van der Waals surface area contributed by atoms with E-state index in [1.807, 2.05) is 0 Å². The van der Waals surface area contributed by atoms with Crippen LogP contribution >= 0.6 is 0 Å². The fourth-order valence-corrected chi connectivity index (χ4v) is 2.00. The van der Waals surface area contributed by atoms with Gasteiger partial charge in [-0.2, -0.15) is 13.2 Å². The molecule has 3 nitrogen and oxygen atoms in total. The Morgan fingerprint density at radius 3 is 2.48 bits per heavy atom. The van der Waals surface area contributed by atoms with Gasteiger partial charge in [0.05, 0.1) is 0 Å². The Balaban J connectivity index is 2.22. The maximum absolute atomic E-state index is 13.2. The van der Waals surface area contributed by atoms with Gasteiger partial charge in [-0.15, -0.1) is 0 Å². The molecule has 0 radical (unpaired) electrons. The second-order valence-electron chi connectivity index (χ2n) is 5.49. The van der Waals surface area contributed by atoms with Crippen molar-refractivity contribution >= 4 is 5.91 Å². The van der Waals surface area contributed by atoms with Crippen LogP contribution in [-0.2, 0) is 11.3 Å². The van der Waals surface area contributed by atoms with Gasteiger partial charge in [-0.05, 0) is 37.5 Å². The molecule has 1 amide bonds. The maximum Gasteiger partial charge on any atom is 0.415 e. The van der Waals surface area contributed by atoms with Crippen molar-refractivity contribution in [3.8, 4) is 0 Å². The minimum atomic E-state index is -4.83. The van der Waals surface area contributed by atoms with Crippen LogP contribution in [0.15, 0.2) is 24.3 Å². The van der Waals surface area contributed by atoms with Crippen LogP contribution in [-0.4, -0.2) is 28.6 Å². The van der Waals surface area contributed by atoms with E-state index in [1.54, 1.807) is 6.07 Å². The van der Waals surface area contributed by atoms with Gasteiger partial charge in [0.25, 0.3) is 5.91 Å². The molecule has 0 spiro atoms. The Hall–Kier alpha value is -1.63. The average Bonchev–Trinajstić information content (AvgIpc) is 3.18. The molecule has 0 aromatic heterocycles. The minimum absolute atomic E-state index is 0.0792. The lowest BCUT2D eigenvalue weighted by Gasteiger charge is -2.33. The summed E-state index contributed by atoms with van der Waals surface area (Å²) in [6, 6.07) is 5.18. The van der Waals surface area contributed by atoms with E-state index in [4.69, 9.17) is 5.73 Å². The molecule has 2 rings (SSSR count). The summed E-state index contributed by atoms with van der Waals surface area (Å²) in [5.41, 5.74) is 2.69. The van der Waals surface area contributed by atoms with E-state index >= 15 is 0 Å². The van der Waals surface area contributed by atoms with Crippen molar-refractivity contribution in [3.05, 3.63) is 35.6 Å². The Morgan fingerprint density at radius 1 is 1.38 bits per heavy atom. The summed E-state index contributed by atoms with van der Waals surface area (Å²) in [6.45, 7) is 0.584. The molecule has 2 N–H and O–H groups in total. The zero-order valence-electron chi connectivity index (χ0n) is 11.5. The molecule has 0 saturated heterocycles. The summed E-state index contributed by atoms with van der Waals surface area (Å²) >= 11 is 0. The predicted molar refractivity (Wildman–Crippen MR) is 68.6 cm³/mol. The summed E-state index contributed by atoms with van der Waals surface area (Å²) in [4.78, 5) is 13.3. The number of hydrogen-bond donors (Lipinski definition) is 1. The van der Waals surface area contributed by atoms with Crippen LogP contribution in [0.5, 0.6) is 0 Å². The predicted octanol–water partition coefficient (Wildman–Crippen LogP) is 2.60. The van der Waals surface area contributed by atoms with Crippen LogP contribution in [0.25, 0.3) is 0 Å². The van der Waals surface area contributed by atoms with Crippen molar-refractivity contribution in [2.75, 3.05) is 0 Å². The van der Waals surface area contributed by atoms with Gasteiger partial charge in [-0.25, -0.2) is 4.39 Å². The molecule has 1 aromatic carbocycles. The number of nitrogens with two attached hydrogens (primary N) is 1. The highest BCUT2D eigenvalue weighted by Gasteiger charge is 2.56. The highest BCUT2D eigenvalue weighted by atomic mass is 19.4. The first-order valence-electron chi connectivity index (χ1n) is 6.54. The smallest absolute Gasteiger partial charge is 0.333 e. The molecule has 1 fully saturated rings. The van der Waals surface area contributed by atoms with Crippen LogP contribution < -0.4 is 5.73 Å². The van der Waals surface area contributed by atoms with Gasteiger partial charge >= 0.3 is 6.18 Å². The molecule has 1 aliphatic rings. The highest BCUT2D eigenvalue weighted by molar-refractivity contribution is 5.87. The third-order valence-electron chi connectivity index (χ3n) is 3.52. The van der Waals surface area contributed by atoms with E-state index < -0.39 is 23.4 Å². The van der Waals surface area contributed by atoms with Crippen LogP contribution in [0.3, 0.4) is 0 Å². The lowest BCUT2D eigenvalue weighted by atomic mass is 10.0. The molecular formula is C14H16F4N2O. The quantitative estimate of drug-likeness (QED) is 0.869. The molecule has 7 heteroatoms. The first-order valence-corrected chi connectivity index (χ1v) is 6.54. The van der Waals surface area contributed by atoms with E-state index in [9.17, 15) is 22.4 Å². The van der Waals surface area contributed by atoms with E-state index in [0.29, 0.717) is 25.3 Å². The molecule has 21 heavy (non-hydrogen) atoms. The maximum atomic E-state index is 13.2. The summed E-state index contributed by atoms with van der Waals surface area (Å²) in [5, 5.41) is 0. The molecule has 1 unspecified atom stereocenters. The number of benzene rings is 1. The van der Waals surface area contributed by atoms with Crippen LogP contribution in [0.4, 0.5) is 17.6 Å². The van der Waals surface area contributed by atoms with Crippen LogP contribution in [0.1, 0.15) is 25.3 Å². The van der Waals surface area contributed by atoms with Crippen molar-refractivity contribution in [3.63, 3.8) is 0 Å². The number of carbonyl (C=O) groups is 1. The Bertz CT molecular complexity index is 538. The molecule has 1 aromatic rings. The Kier molecular flexibility index (Phi) is 3.97.